The van der Waals surface area contributed by atoms with Gasteiger partial charge in [0, 0.05) is 26.4 Å². The Morgan fingerprint density at radius 2 is 2.18 bits per heavy atom. The normalized spacial score (nSPS) is 11.5. The Hall–Kier alpha value is -2.11. The van der Waals surface area contributed by atoms with Crippen LogP contribution in [0.1, 0.15) is 25.2 Å². The first-order chi connectivity index (χ1) is 10.3. The molecule has 1 rings (SSSR count). The molecule has 0 aliphatic carbocycles. The van der Waals surface area contributed by atoms with Crippen molar-refractivity contribution in [2.24, 2.45) is 0 Å². The van der Waals surface area contributed by atoms with Crippen LogP contribution in [0, 0.1) is 11.8 Å². The fraction of sp³-hybridized carbons (Fsp3) is 0.429. The molecule has 0 aliphatic heterocycles. The van der Waals surface area contributed by atoms with Gasteiger partial charge in [0.05, 0.1) is 12.3 Å². The highest BCUT2D eigenvalue weighted by molar-refractivity contribution is 7.87. The van der Waals surface area contributed by atoms with Gasteiger partial charge in [-0.1, -0.05) is 12.2 Å². The van der Waals surface area contributed by atoms with Crippen LogP contribution in [-0.2, 0) is 26.2 Å². The van der Waals surface area contributed by atoms with Gasteiger partial charge in [0.15, 0.2) is 0 Å². The topological polar surface area (TPSA) is 81.5 Å². The van der Waals surface area contributed by atoms with Gasteiger partial charge >= 0.3 is 16.2 Å². The molecule has 0 aromatic carbocycles. The molecule has 22 heavy (non-hydrogen) atoms. The Morgan fingerprint density at radius 3 is 2.73 bits per heavy atom. The van der Waals surface area contributed by atoms with Crippen molar-refractivity contribution in [3.05, 3.63) is 29.9 Å². The van der Waals surface area contributed by atoms with Crippen molar-refractivity contribution in [2.75, 3.05) is 20.7 Å². The van der Waals surface area contributed by atoms with E-state index in [2.05, 4.69) is 16.8 Å². The van der Waals surface area contributed by atoms with E-state index >= 15 is 0 Å². The highest BCUT2D eigenvalue weighted by Gasteiger charge is 2.21. The van der Waals surface area contributed by atoms with E-state index in [9.17, 15) is 13.2 Å². The number of nitrogens with zero attached hydrogens (tertiary/aromatic N) is 3. The molecule has 0 unspecified atom stereocenters. The molecule has 1 aromatic rings. The van der Waals surface area contributed by atoms with E-state index in [0.29, 0.717) is 12.1 Å². The number of hydrogen-bond donors (Lipinski definition) is 0. The smallest absolute Gasteiger partial charge is 0.384 e. The lowest BCUT2D eigenvalue weighted by Gasteiger charge is -2.13. The van der Waals surface area contributed by atoms with E-state index in [1.807, 2.05) is 6.92 Å². The number of allylic oxidation sites excluding steroid dienone is 2. The minimum absolute atomic E-state index is 0.225. The second-order valence-electron chi connectivity index (χ2n) is 4.37. The summed E-state index contributed by atoms with van der Waals surface area (Å²) < 4.78 is 31.4. The number of aromatic nitrogens is 2. The zero-order valence-electron chi connectivity index (χ0n) is 13.0. The molecule has 120 valence electrons. The number of carbonyl (C=O) groups is 1. The van der Waals surface area contributed by atoms with E-state index in [-0.39, 0.29) is 12.3 Å². The molecule has 0 saturated carbocycles. The van der Waals surface area contributed by atoms with E-state index < -0.39 is 16.2 Å². The third kappa shape index (κ3) is 4.19. The second kappa shape index (κ2) is 7.77. The quantitative estimate of drug-likeness (QED) is 0.449. The van der Waals surface area contributed by atoms with Gasteiger partial charge in [-0.25, -0.2) is 13.8 Å². The van der Waals surface area contributed by atoms with Crippen LogP contribution in [-0.4, -0.2) is 48.4 Å². The number of imidazole rings is 1. The van der Waals surface area contributed by atoms with Crippen LogP contribution in [0.4, 0.5) is 0 Å². The molecule has 1 heterocycles. The van der Waals surface area contributed by atoms with Gasteiger partial charge in [-0.2, -0.15) is 12.7 Å². The minimum atomic E-state index is -3.70. The lowest BCUT2D eigenvalue weighted by Crippen LogP contribution is -2.29. The molecular weight excluding hydrogens is 306 g/mol. The van der Waals surface area contributed by atoms with Crippen molar-refractivity contribution in [1.82, 2.24) is 13.3 Å². The first-order valence-electron chi connectivity index (χ1n) is 6.63. The third-order valence-corrected chi connectivity index (χ3v) is 4.38. The monoisotopic (exact) mass is 325 g/mol. The molecule has 0 saturated heterocycles. The number of carbonyl (C=O) groups excluding carboxylic acids is 1. The SMILES string of the molecule is C/C=C/Cc1c(C#CC(=O)OCC)ncn1S(=O)(=O)N(C)C. The number of esters is 1. The summed E-state index contributed by atoms with van der Waals surface area (Å²) in [6.45, 7) is 3.73. The molecule has 0 N–H and O–H groups in total. The van der Waals surface area contributed by atoms with Crippen LogP contribution >= 0.6 is 0 Å². The Bertz CT molecular complexity index is 721. The highest BCUT2D eigenvalue weighted by Crippen LogP contribution is 2.13. The van der Waals surface area contributed by atoms with Crippen molar-refractivity contribution in [3.63, 3.8) is 0 Å². The predicted octanol–water partition coefficient (Wildman–Crippen LogP) is 0.571. The lowest BCUT2D eigenvalue weighted by atomic mass is 10.2. The van der Waals surface area contributed by atoms with Crippen molar-refractivity contribution >= 4 is 16.2 Å². The Kier molecular flexibility index (Phi) is 6.34. The largest absolute Gasteiger partial charge is 0.456 e. The van der Waals surface area contributed by atoms with Crippen LogP contribution in [0.15, 0.2) is 18.5 Å². The van der Waals surface area contributed by atoms with Gasteiger partial charge in [0.25, 0.3) is 0 Å². The minimum Gasteiger partial charge on any atom is -0.456 e. The molecule has 0 amide bonds. The molecule has 0 radical (unpaired) electrons. The summed E-state index contributed by atoms with van der Waals surface area (Å²) in [7, 11) is -0.838. The second-order valence-corrected chi connectivity index (χ2v) is 6.39. The summed E-state index contributed by atoms with van der Waals surface area (Å²) in [5.74, 6) is 4.18. The molecule has 0 fully saturated rings. The maximum atomic E-state index is 12.3. The van der Waals surface area contributed by atoms with Gasteiger partial charge in [0.2, 0.25) is 0 Å². The van der Waals surface area contributed by atoms with E-state index in [0.717, 1.165) is 8.28 Å². The Labute approximate surface area is 130 Å². The first kappa shape index (κ1) is 17.9. The van der Waals surface area contributed by atoms with E-state index in [4.69, 9.17) is 4.74 Å². The fourth-order valence-electron chi connectivity index (χ4n) is 1.53. The van der Waals surface area contributed by atoms with Gasteiger partial charge in [-0.05, 0) is 19.8 Å². The summed E-state index contributed by atoms with van der Waals surface area (Å²) in [5, 5.41) is 0. The Balaban J connectivity index is 3.31. The Morgan fingerprint density at radius 1 is 1.50 bits per heavy atom. The van der Waals surface area contributed by atoms with Gasteiger partial charge < -0.3 is 4.74 Å². The maximum Gasteiger partial charge on any atom is 0.384 e. The zero-order valence-corrected chi connectivity index (χ0v) is 13.8. The summed E-state index contributed by atoms with van der Waals surface area (Å²) in [4.78, 5) is 15.3. The number of rotatable bonds is 5. The van der Waals surface area contributed by atoms with Crippen LogP contribution in [0.25, 0.3) is 0 Å². The fourth-order valence-corrected chi connectivity index (χ4v) is 2.49. The van der Waals surface area contributed by atoms with Crippen LogP contribution in [0.3, 0.4) is 0 Å². The van der Waals surface area contributed by atoms with Crippen LogP contribution in [0.5, 0.6) is 0 Å². The summed E-state index contributed by atoms with van der Waals surface area (Å²) in [6.07, 6.45) is 5.09. The lowest BCUT2D eigenvalue weighted by molar-refractivity contribution is -0.136. The van der Waals surface area contributed by atoms with Gasteiger partial charge in [-0.15, -0.1) is 0 Å². The molecule has 0 bridgehead atoms. The molecule has 0 aliphatic rings. The summed E-state index contributed by atoms with van der Waals surface area (Å²) >= 11 is 0. The molecular formula is C14H19N3O4S. The zero-order chi connectivity index (χ0) is 16.8. The number of ether oxygens (including phenoxy) is 1. The third-order valence-electron chi connectivity index (χ3n) is 2.65. The molecule has 7 nitrogen and oxygen atoms in total. The van der Waals surface area contributed by atoms with Crippen LogP contribution in [0.2, 0.25) is 0 Å². The highest BCUT2D eigenvalue weighted by atomic mass is 32.2. The molecule has 1 aromatic heterocycles. The van der Waals surface area contributed by atoms with Crippen molar-refractivity contribution in [1.29, 1.82) is 0 Å². The molecule has 8 heteroatoms. The maximum absolute atomic E-state index is 12.3. The van der Waals surface area contributed by atoms with E-state index in [1.54, 1.807) is 19.1 Å². The molecule has 0 atom stereocenters. The predicted molar refractivity (Wildman–Crippen MR) is 82.3 cm³/mol. The van der Waals surface area contributed by atoms with Crippen LogP contribution < -0.4 is 0 Å². The van der Waals surface area contributed by atoms with Gasteiger partial charge in [-0.3, -0.25) is 0 Å². The van der Waals surface area contributed by atoms with Gasteiger partial charge in [0.1, 0.15) is 12.0 Å². The molecule has 0 spiro atoms. The standard InChI is InChI=1S/C14H19N3O4S/c1-5-7-8-13-12(9-10-14(18)21-6-2)15-11-17(13)22(19,20)16(3)4/h5,7,11H,6,8H2,1-4H3/b7-5+. The first-order valence-corrected chi connectivity index (χ1v) is 8.03. The van der Waals surface area contributed by atoms with Crippen molar-refractivity contribution in [3.8, 4) is 11.8 Å². The van der Waals surface area contributed by atoms with Crippen molar-refractivity contribution < 1.29 is 17.9 Å². The average molecular weight is 325 g/mol. The number of hydrogen-bond acceptors (Lipinski definition) is 5. The summed E-state index contributed by atoms with van der Waals surface area (Å²) in [6, 6.07) is 0. The average Bonchev–Trinajstić information content (AvgIpc) is 2.86. The van der Waals surface area contributed by atoms with E-state index in [1.165, 1.54) is 20.4 Å². The van der Waals surface area contributed by atoms with Crippen molar-refractivity contribution in [2.45, 2.75) is 20.3 Å². The summed E-state index contributed by atoms with van der Waals surface area (Å²) in [5.41, 5.74) is 0.625.